The Labute approximate surface area is 219 Å². The standard InChI is InChI=1S/C29H43IO4/c1-17(16-30)6-9-25(32)18(2)27-26(33)15-24-22-8-7-20-14-21(34-19(3)31)10-12-28(20,4)23(22)11-13-29(24,27)5/h7,17-18,21-24,27H,6,8-16H2,1-5H3/t17-,18-,21+,22-,23+,24+,27+,28+,29+/m1/s1. The number of hydrogen-bond acceptors (Lipinski definition) is 4. The molecule has 0 aromatic carbocycles. The van der Waals surface area contributed by atoms with E-state index in [1.807, 2.05) is 6.92 Å². The molecule has 34 heavy (non-hydrogen) atoms. The van der Waals surface area contributed by atoms with Gasteiger partial charge >= 0.3 is 5.97 Å². The minimum absolute atomic E-state index is 0.0152. The number of esters is 1. The SMILES string of the molecule is CC(=O)O[C@H]1CC[C@@]2(C)C(=CC[C@H]3[C@@H]4CC(=O)[C@H]([C@H](C)C(=O)CC[C@@H](C)CI)[C@@]4(C)CC[C@@H]32)C1. The van der Waals surface area contributed by atoms with Gasteiger partial charge < -0.3 is 4.74 Å². The second-order valence-corrected chi connectivity index (χ2v) is 13.4. The summed E-state index contributed by atoms with van der Waals surface area (Å²) >= 11 is 2.39. The van der Waals surface area contributed by atoms with E-state index in [2.05, 4.69) is 49.4 Å². The molecule has 4 rings (SSSR count). The quantitative estimate of drug-likeness (QED) is 0.145. The summed E-state index contributed by atoms with van der Waals surface area (Å²) in [6.07, 6.45) is 10.7. The van der Waals surface area contributed by atoms with E-state index in [4.69, 9.17) is 4.74 Å². The van der Waals surface area contributed by atoms with E-state index in [0.29, 0.717) is 48.1 Å². The van der Waals surface area contributed by atoms with Crippen molar-refractivity contribution >= 4 is 40.1 Å². The number of ether oxygens (including phenoxy) is 1. The highest BCUT2D eigenvalue weighted by Crippen LogP contribution is 2.66. The van der Waals surface area contributed by atoms with Gasteiger partial charge in [0.05, 0.1) is 0 Å². The molecule has 0 bridgehead atoms. The maximum atomic E-state index is 13.5. The van der Waals surface area contributed by atoms with Crippen LogP contribution in [0.5, 0.6) is 0 Å². The van der Waals surface area contributed by atoms with Crippen LogP contribution in [0.2, 0.25) is 0 Å². The number of alkyl halides is 1. The van der Waals surface area contributed by atoms with E-state index in [1.165, 1.54) is 12.5 Å². The van der Waals surface area contributed by atoms with Gasteiger partial charge in [0.15, 0.2) is 0 Å². The fourth-order valence-electron chi connectivity index (χ4n) is 8.52. The molecule has 4 nitrogen and oxygen atoms in total. The molecule has 0 N–H and O–H groups in total. The lowest BCUT2D eigenvalue weighted by Crippen LogP contribution is -2.51. The molecular weight excluding hydrogens is 539 g/mol. The van der Waals surface area contributed by atoms with Crippen LogP contribution in [0, 0.1) is 46.3 Å². The number of rotatable bonds is 7. The number of hydrogen-bond donors (Lipinski definition) is 0. The average Bonchev–Trinajstić information content (AvgIpc) is 3.06. The maximum absolute atomic E-state index is 13.5. The second-order valence-electron chi connectivity index (χ2n) is 12.5. The molecule has 0 radical (unpaired) electrons. The lowest BCUT2D eigenvalue weighted by molar-refractivity contribution is -0.148. The number of allylic oxidation sites excluding steroid dienone is 1. The maximum Gasteiger partial charge on any atom is 0.302 e. The zero-order valence-corrected chi connectivity index (χ0v) is 23.9. The van der Waals surface area contributed by atoms with Crippen LogP contribution in [0.15, 0.2) is 11.6 Å². The van der Waals surface area contributed by atoms with Crippen molar-refractivity contribution in [3.05, 3.63) is 11.6 Å². The Hall–Kier alpha value is -0.720. The zero-order chi connectivity index (χ0) is 24.8. The van der Waals surface area contributed by atoms with Crippen LogP contribution in [0.25, 0.3) is 0 Å². The van der Waals surface area contributed by atoms with Crippen molar-refractivity contribution in [2.45, 2.75) is 98.5 Å². The minimum atomic E-state index is -0.181. The third kappa shape index (κ3) is 4.56. The monoisotopic (exact) mass is 582 g/mol. The topological polar surface area (TPSA) is 60.4 Å². The van der Waals surface area contributed by atoms with Gasteiger partial charge in [-0.25, -0.2) is 0 Å². The van der Waals surface area contributed by atoms with E-state index in [9.17, 15) is 14.4 Å². The fourth-order valence-corrected chi connectivity index (χ4v) is 8.96. The first-order valence-corrected chi connectivity index (χ1v) is 15.0. The van der Waals surface area contributed by atoms with Gasteiger partial charge in [-0.3, -0.25) is 14.4 Å². The van der Waals surface area contributed by atoms with Crippen molar-refractivity contribution in [1.82, 2.24) is 0 Å². The van der Waals surface area contributed by atoms with E-state index < -0.39 is 0 Å². The third-order valence-corrected chi connectivity index (χ3v) is 12.0. The predicted molar refractivity (Wildman–Crippen MR) is 143 cm³/mol. The summed E-state index contributed by atoms with van der Waals surface area (Å²) in [6, 6.07) is 0. The number of halogens is 1. The van der Waals surface area contributed by atoms with Crippen LogP contribution < -0.4 is 0 Å². The van der Waals surface area contributed by atoms with Crippen LogP contribution in [0.1, 0.15) is 92.4 Å². The van der Waals surface area contributed by atoms with E-state index >= 15 is 0 Å². The molecule has 0 aromatic heterocycles. The first-order valence-electron chi connectivity index (χ1n) is 13.5. The first-order chi connectivity index (χ1) is 16.0. The number of carbonyl (C=O) groups is 3. The van der Waals surface area contributed by atoms with Crippen molar-refractivity contribution in [1.29, 1.82) is 0 Å². The molecule has 0 aromatic rings. The van der Waals surface area contributed by atoms with Crippen molar-refractivity contribution in [3.8, 4) is 0 Å². The van der Waals surface area contributed by atoms with Gasteiger partial charge in [0.25, 0.3) is 0 Å². The Balaban J connectivity index is 1.52. The highest BCUT2D eigenvalue weighted by atomic mass is 127. The van der Waals surface area contributed by atoms with Gasteiger partial charge in [0.1, 0.15) is 17.7 Å². The normalized spacial score (nSPS) is 40.9. The summed E-state index contributed by atoms with van der Waals surface area (Å²) < 4.78 is 6.64. The van der Waals surface area contributed by atoms with Gasteiger partial charge in [-0.05, 0) is 73.0 Å². The molecule has 0 unspecified atom stereocenters. The van der Waals surface area contributed by atoms with Crippen molar-refractivity contribution < 1.29 is 19.1 Å². The molecule has 4 aliphatic rings. The third-order valence-electron chi connectivity index (χ3n) is 10.5. The van der Waals surface area contributed by atoms with Crippen molar-refractivity contribution in [3.63, 3.8) is 0 Å². The molecule has 0 spiro atoms. The highest BCUT2D eigenvalue weighted by molar-refractivity contribution is 14.1. The summed E-state index contributed by atoms with van der Waals surface area (Å²) in [7, 11) is 0. The van der Waals surface area contributed by atoms with Crippen LogP contribution >= 0.6 is 22.6 Å². The summed E-state index contributed by atoms with van der Waals surface area (Å²) in [5.41, 5.74) is 1.57. The Morgan fingerprint density at radius 3 is 2.56 bits per heavy atom. The van der Waals surface area contributed by atoms with Gasteiger partial charge in [-0.1, -0.05) is 61.9 Å². The molecule has 3 saturated carbocycles. The number of Topliss-reactive ketones (excluding diaryl/α,β-unsaturated/α-hetero) is 2. The molecule has 3 fully saturated rings. The van der Waals surface area contributed by atoms with E-state index in [1.54, 1.807) is 0 Å². The molecule has 0 saturated heterocycles. The zero-order valence-electron chi connectivity index (χ0n) is 21.7. The van der Waals surface area contributed by atoms with Crippen LogP contribution in [-0.2, 0) is 19.1 Å². The largest absolute Gasteiger partial charge is 0.462 e. The summed E-state index contributed by atoms with van der Waals surface area (Å²) in [6.45, 7) is 10.5. The molecule has 0 heterocycles. The number of carbonyl (C=O) groups excluding carboxylic acids is 3. The molecule has 4 aliphatic carbocycles. The van der Waals surface area contributed by atoms with Gasteiger partial charge in [-0.15, -0.1) is 0 Å². The predicted octanol–water partition coefficient (Wildman–Crippen LogP) is 6.73. The van der Waals surface area contributed by atoms with Gasteiger partial charge in [-0.2, -0.15) is 0 Å². The minimum Gasteiger partial charge on any atom is -0.462 e. The molecule has 9 atom stereocenters. The summed E-state index contributed by atoms with van der Waals surface area (Å²) in [4.78, 5) is 38.1. The molecular formula is C29H43IO4. The molecule has 0 aliphatic heterocycles. The number of fused-ring (bicyclic) bond motifs is 5. The van der Waals surface area contributed by atoms with Crippen molar-refractivity contribution in [2.24, 2.45) is 46.3 Å². The van der Waals surface area contributed by atoms with Crippen molar-refractivity contribution in [2.75, 3.05) is 4.43 Å². The van der Waals surface area contributed by atoms with E-state index in [-0.39, 0.29) is 34.7 Å². The summed E-state index contributed by atoms with van der Waals surface area (Å²) in [5, 5.41) is 0. The molecule has 190 valence electrons. The number of ketones is 2. The Bertz CT molecular complexity index is 864. The van der Waals surface area contributed by atoms with Gasteiger partial charge in [0, 0.05) is 42.4 Å². The lowest BCUT2D eigenvalue weighted by atomic mass is 9.47. The Kier molecular flexibility index (Phi) is 7.73. The van der Waals surface area contributed by atoms with E-state index in [0.717, 1.165) is 49.4 Å². The molecule has 0 amide bonds. The smallest absolute Gasteiger partial charge is 0.302 e. The first kappa shape index (κ1) is 26.3. The molecule has 5 heteroatoms. The Morgan fingerprint density at radius 1 is 1.15 bits per heavy atom. The second kappa shape index (κ2) is 9.97. The van der Waals surface area contributed by atoms with Crippen LogP contribution in [0.3, 0.4) is 0 Å². The lowest BCUT2D eigenvalue weighted by Gasteiger charge is -2.58. The van der Waals surface area contributed by atoms with Gasteiger partial charge in [0.2, 0.25) is 0 Å². The Morgan fingerprint density at radius 2 is 1.88 bits per heavy atom. The highest BCUT2D eigenvalue weighted by Gasteiger charge is 2.62. The summed E-state index contributed by atoms with van der Waals surface area (Å²) in [5.74, 6) is 2.22. The van der Waals surface area contributed by atoms with Crippen LogP contribution in [-0.4, -0.2) is 28.1 Å². The van der Waals surface area contributed by atoms with Crippen LogP contribution in [0.4, 0.5) is 0 Å². The fraction of sp³-hybridized carbons (Fsp3) is 0.828. The average molecular weight is 583 g/mol.